The molecule has 1 nitrogen and oxygen atoms in total. The first kappa shape index (κ1) is 16.2. The average Bonchev–Trinajstić information content (AvgIpc) is 2.55. The van der Waals surface area contributed by atoms with Gasteiger partial charge in [0.15, 0.2) is 0 Å². The molecule has 1 aliphatic rings. The predicted molar refractivity (Wildman–Crippen MR) is 101 cm³/mol. The second kappa shape index (κ2) is 6.46. The zero-order chi connectivity index (χ0) is 16.6. The molecule has 0 bridgehead atoms. The van der Waals surface area contributed by atoms with Crippen molar-refractivity contribution >= 4 is 43.1 Å². The van der Waals surface area contributed by atoms with E-state index in [0.717, 1.165) is 27.0 Å². The summed E-state index contributed by atoms with van der Waals surface area (Å²) < 4.78 is 16.2. The molecule has 0 spiro atoms. The fourth-order valence-electron chi connectivity index (χ4n) is 2.62. The second-order valence-electron chi connectivity index (χ2n) is 5.22. The molecular weight excluding hydrogens is 421 g/mol. The van der Waals surface area contributed by atoms with Crippen molar-refractivity contribution in [3.05, 3.63) is 92.8 Å². The van der Waals surface area contributed by atoms with Crippen molar-refractivity contribution < 1.29 is 4.39 Å². The fraction of sp³-hybridized carbons (Fsp3) is 0.0526. The van der Waals surface area contributed by atoms with Crippen LogP contribution in [0, 0.1) is 5.82 Å². The van der Waals surface area contributed by atoms with Crippen LogP contribution in [-0.4, -0.2) is 11.9 Å². The Morgan fingerprint density at radius 2 is 1.70 bits per heavy atom. The van der Waals surface area contributed by atoms with Gasteiger partial charge in [0, 0.05) is 32.8 Å². The second-order valence-corrected chi connectivity index (χ2v) is 6.93. The topological polar surface area (TPSA) is 3.24 Å². The largest absolute Gasteiger partial charge is 0.343 e. The van der Waals surface area contributed by atoms with E-state index >= 15 is 0 Å². The number of likely N-dealkylation sites (N-methyl/N-ethyl adjacent to an activating group) is 1. The van der Waals surface area contributed by atoms with E-state index in [9.17, 15) is 4.39 Å². The van der Waals surface area contributed by atoms with Crippen LogP contribution in [0.5, 0.6) is 0 Å². The first-order valence-electron chi connectivity index (χ1n) is 7.05. The van der Waals surface area contributed by atoms with E-state index in [1.165, 1.54) is 6.07 Å². The molecule has 2 aromatic carbocycles. The standard InChI is InChI=1S/C19H14Br2FN/c1-12-16(21)11-14(13-7-4-3-5-8-13)19(23(12)2)18-15(20)9-6-10-17(18)22/h3-11H,1H2,2H3. The molecule has 4 heteroatoms. The molecule has 0 amide bonds. The highest BCUT2D eigenvalue weighted by Crippen LogP contribution is 2.42. The monoisotopic (exact) mass is 433 g/mol. The van der Waals surface area contributed by atoms with Crippen molar-refractivity contribution in [1.29, 1.82) is 0 Å². The maximum Gasteiger partial charge on any atom is 0.133 e. The Morgan fingerprint density at radius 3 is 2.35 bits per heavy atom. The Balaban J connectivity index is 2.36. The van der Waals surface area contributed by atoms with Crippen LogP contribution in [0.1, 0.15) is 11.1 Å². The van der Waals surface area contributed by atoms with Gasteiger partial charge in [0.1, 0.15) is 5.82 Å². The molecule has 3 rings (SSSR count). The molecule has 0 fully saturated rings. The minimum Gasteiger partial charge on any atom is -0.343 e. The average molecular weight is 435 g/mol. The van der Waals surface area contributed by atoms with E-state index in [4.69, 9.17) is 0 Å². The highest BCUT2D eigenvalue weighted by atomic mass is 79.9. The summed E-state index contributed by atoms with van der Waals surface area (Å²) in [5.41, 5.74) is 4.07. The lowest BCUT2D eigenvalue weighted by Crippen LogP contribution is -2.21. The highest BCUT2D eigenvalue weighted by molar-refractivity contribution is 9.12. The van der Waals surface area contributed by atoms with E-state index in [2.05, 4.69) is 38.4 Å². The van der Waals surface area contributed by atoms with Crippen LogP contribution >= 0.6 is 31.9 Å². The van der Waals surface area contributed by atoms with Gasteiger partial charge in [-0.3, -0.25) is 0 Å². The summed E-state index contributed by atoms with van der Waals surface area (Å²) in [4.78, 5) is 1.91. The summed E-state index contributed by atoms with van der Waals surface area (Å²) in [5, 5.41) is 0. The van der Waals surface area contributed by atoms with Gasteiger partial charge in [-0.15, -0.1) is 0 Å². The molecule has 0 saturated carbocycles. The van der Waals surface area contributed by atoms with E-state index < -0.39 is 0 Å². The number of allylic oxidation sites excluding steroid dienone is 3. The van der Waals surface area contributed by atoms with Gasteiger partial charge in [0.25, 0.3) is 0 Å². The van der Waals surface area contributed by atoms with Gasteiger partial charge in [-0.05, 0) is 55.6 Å². The number of nitrogens with zero attached hydrogens (tertiary/aromatic N) is 1. The van der Waals surface area contributed by atoms with E-state index in [1.54, 1.807) is 6.07 Å². The molecule has 1 aliphatic heterocycles. The van der Waals surface area contributed by atoms with E-state index in [1.807, 2.05) is 54.4 Å². The maximum absolute atomic E-state index is 14.6. The Labute approximate surface area is 152 Å². The molecular formula is C19H14Br2FN. The van der Waals surface area contributed by atoms with Crippen LogP contribution in [0.25, 0.3) is 11.3 Å². The SMILES string of the molecule is C=C1C(Br)=CC(c2ccccc2)=C(c2c(F)cccc2Br)N1C. The van der Waals surface area contributed by atoms with Crippen molar-refractivity contribution in [3.8, 4) is 0 Å². The Bertz CT molecular complexity index is 817. The number of rotatable bonds is 2. The molecule has 1 heterocycles. The Hall–Kier alpha value is -1.65. The highest BCUT2D eigenvalue weighted by Gasteiger charge is 2.26. The van der Waals surface area contributed by atoms with Crippen LogP contribution in [0.15, 0.2) is 75.8 Å². The number of benzene rings is 2. The van der Waals surface area contributed by atoms with Gasteiger partial charge < -0.3 is 4.90 Å². The molecule has 0 radical (unpaired) electrons. The Morgan fingerprint density at radius 1 is 1.00 bits per heavy atom. The van der Waals surface area contributed by atoms with Gasteiger partial charge in [-0.25, -0.2) is 4.39 Å². The number of hydrogen-bond acceptors (Lipinski definition) is 1. The lowest BCUT2D eigenvalue weighted by atomic mass is 9.95. The van der Waals surface area contributed by atoms with Crippen molar-refractivity contribution in [2.75, 3.05) is 7.05 Å². The summed E-state index contributed by atoms with van der Waals surface area (Å²) in [6.45, 7) is 4.08. The van der Waals surface area contributed by atoms with Crippen LogP contribution in [0.3, 0.4) is 0 Å². The van der Waals surface area contributed by atoms with Gasteiger partial charge in [0.05, 0.1) is 5.70 Å². The smallest absolute Gasteiger partial charge is 0.133 e. The Kier molecular flexibility index (Phi) is 4.55. The number of hydrogen-bond donors (Lipinski definition) is 0. The van der Waals surface area contributed by atoms with Crippen molar-refractivity contribution in [1.82, 2.24) is 4.90 Å². The lowest BCUT2D eigenvalue weighted by Gasteiger charge is -2.32. The van der Waals surface area contributed by atoms with E-state index in [-0.39, 0.29) is 5.82 Å². The van der Waals surface area contributed by atoms with Crippen LogP contribution in [0.4, 0.5) is 4.39 Å². The maximum atomic E-state index is 14.6. The van der Waals surface area contributed by atoms with Crippen molar-refractivity contribution in [2.24, 2.45) is 0 Å². The van der Waals surface area contributed by atoms with Crippen molar-refractivity contribution in [3.63, 3.8) is 0 Å². The molecule has 0 aliphatic carbocycles. The third kappa shape index (κ3) is 2.93. The summed E-state index contributed by atoms with van der Waals surface area (Å²) in [5.74, 6) is -0.270. The summed E-state index contributed by atoms with van der Waals surface area (Å²) >= 11 is 7.03. The fourth-order valence-corrected chi connectivity index (χ4v) is 3.64. The minimum atomic E-state index is -0.270. The quantitative estimate of drug-likeness (QED) is 0.544. The van der Waals surface area contributed by atoms with Gasteiger partial charge in [-0.1, -0.05) is 43.0 Å². The zero-order valence-electron chi connectivity index (χ0n) is 12.5. The first-order valence-corrected chi connectivity index (χ1v) is 8.63. The normalized spacial score (nSPS) is 15.0. The van der Waals surface area contributed by atoms with Crippen molar-refractivity contribution in [2.45, 2.75) is 0 Å². The lowest BCUT2D eigenvalue weighted by molar-refractivity contribution is 0.586. The molecule has 0 unspecified atom stereocenters. The molecule has 116 valence electrons. The van der Waals surface area contributed by atoms with Gasteiger partial charge in [-0.2, -0.15) is 0 Å². The third-order valence-electron chi connectivity index (χ3n) is 3.83. The summed E-state index contributed by atoms with van der Waals surface area (Å²) in [6, 6.07) is 15.0. The van der Waals surface area contributed by atoms with Crippen LogP contribution in [-0.2, 0) is 0 Å². The van der Waals surface area contributed by atoms with E-state index in [0.29, 0.717) is 10.0 Å². The molecule has 0 atom stereocenters. The zero-order valence-corrected chi connectivity index (χ0v) is 15.7. The summed E-state index contributed by atoms with van der Waals surface area (Å²) in [7, 11) is 1.90. The summed E-state index contributed by atoms with van der Waals surface area (Å²) in [6.07, 6.45) is 1.99. The first-order chi connectivity index (χ1) is 11.0. The van der Waals surface area contributed by atoms with Gasteiger partial charge in [0.2, 0.25) is 0 Å². The number of halogens is 3. The van der Waals surface area contributed by atoms with Crippen LogP contribution < -0.4 is 0 Å². The minimum absolute atomic E-state index is 0.270. The van der Waals surface area contributed by atoms with Gasteiger partial charge >= 0.3 is 0 Å². The van der Waals surface area contributed by atoms with Crippen LogP contribution in [0.2, 0.25) is 0 Å². The molecule has 0 aromatic heterocycles. The molecule has 23 heavy (non-hydrogen) atoms. The third-order valence-corrected chi connectivity index (χ3v) is 5.17. The molecule has 0 saturated heterocycles. The molecule has 2 aromatic rings. The predicted octanol–water partition coefficient (Wildman–Crippen LogP) is 6.19. The molecule has 0 N–H and O–H groups in total.